The Morgan fingerprint density at radius 3 is 2.70 bits per heavy atom. The first-order valence-corrected chi connectivity index (χ1v) is 12.6. The molecule has 1 heterocycles. The molecule has 0 aliphatic heterocycles. The second-order valence-electron chi connectivity index (χ2n) is 7.41. The van der Waals surface area contributed by atoms with Crippen molar-refractivity contribution in [2.45, 2.75) is 42.8 Å². The molecule has 5 nitrogen and oxygen atoms in total. The van der Waals surface area contributed by atoms with Crippen LogP contribution in [0.15, 0.2) is 58.8 Å². The molecule has 3 rings (SSSR count). The molecule has 0 saturated heterocycles. The monoisotopic (exact) mass is 481 g/mol. The zero-order valence-electron chi connectivity index (χ0n) is 18.5. The first-order chi connectivity index (χ1) is 16.1. The number of carboxylic acid groups (broad SMARTS) is 1. The van der Waals surface area contributed by atoms with Crippen LogP contribution in [-0.4, -0.2) is 35.4 Å². The van der Waals surface area contributed by atoms with Crippen LogP contribution in [0.1, 0.15) is 31.7 Å². The van der Waals surface area contributed by atoms with Gasteiger partial charge in [0.05, 0.1) is 6.42 Å². The van der Waals surface area contributed by atoms with Gasteiger partial charge >= 0.3 is 5.97 Å². The van der Waals surface area contributed by atoms with Crippen LogP contribution < -0.4 is 10.1 Å². The summed E-state index contributed by atoms with van der Waals surface area (Å²) in [5, 5.41) is 15.2. The number of ether oxygens (including phenoxy) is 1. The topological polar surface area (TPSA) is 75.6 Å². The summed E-state index contributed by atoms with van der Waals surface area (Å²) in [6.07, 6.45) is 2.37. The summed E-state index contributed by atoms with van der Waals surface area (Å²) in [5.41, 5.74) is 1.05. The van der Waals surface area contributed by atoms with Crippen molar-refractivity contribution in [3.8, 4) is 17.6 Å². The van der Waals surface area contributed by atoms with Crippen molar-refractivity contribution in [3.63, 3.8) is 0 Å². The van der Waals surface area contributed by atoms with E-state index < -0.39 is 11.2 Å². The molecule has 3 aromatic rings. The molecule has 0 spiro atoms. The normalized spacial score (nSPS) is 11.4. The SMILES string of the molecule is CC#CCOc1ccc(SC(CCCCNC(=O)Cc2csc3ccccc23)C(=O)O)cc1. The Kier molecular flexibility index (Phi) is 9.67. The number of rotatable bonds is 12. The van der Waals surface area contributed by atoms with E-state index in [-0.39, 0.29) is 5.91 Å². The van der Waals surface area contributed by atoms with Gasteiger partial charge in [0, 0.05) is 16.1 Å². The predicted octanol–water partition coefficient (Wildman–Crippen LogP) is 5.38. The fourth-order valence-electron chi connectivity index (χ4n) is 3.29. The number of carbonyl (C=O) groups is 2. The van der Waals surface area contributed by atoms with Gasteiger partial charge in [0.25, 0.3) is 0 Å². The first kappa shape index (κ1) is 24.7. The molecule has 1 unspecified atom stereocenters. The highest BCUT2D eigenvalue weighted by molar-refractivity contribution is 8.00. The quantitative estimate of drug-likeness (QED) is 0.206. The summed E-state index contributed by atoms with van der Waals surface area (Å²) < 4.78 is 6.67. The van der Waals surface area contributed by atoms with Crippen molar-refractivity contribution < 1.29 is 19.4 Å². The maximum absolute atomic E-state index is 12.3. The van der Waals surface area contributed by atoms with Crippen LogP contribution in [0.2, 0.25) is 0 Å². The van der Waals surface area contributed by atoms with Crippen LogP contribution in [0.3, 0.4) is 0 Å². The van der Waals surface area contributed by atoms with E-state index in [4.69, 9.17) is 4.74 Å². The molecule has 1 amide bonds. The van der Waals surface area contributed by atoms with Crippen molar-refractivity contribution in [1.82, 2.24) is 5.32 Å². The first-order valence-electron chi connectivity index (χ1n) is 10.8. The second kappa shape index (κ2) is 12.9. The van der Waals surface area contributed by atoms with Crippen molar-refractivity contribution in [2.24, 2.45) is 0 Å². The number of unbranched alkanes of at least 4 members (excludes halogenated alkanes) is 1. The molecule has 0 saturated carbocycles. The highest BCUT2D eigenvalue weighted by Crippen LogP contribution is 2.29. The van der Waals surface area contributed by atoms with E-state index in [1.54, 1.807) is 18.3 Å². The third-order valence-electron chi connectivity index (χ3n) is 4.99. The molecule has 1 atom stereocenters. The van der Waals surface area contributed by atoms with Crippen molar-refractivity contribution >= 4 is 45.1 Å². The number of thiophene rings is 1. The predicted molar refractivity (Wildman–Crippen MR) is 135 cm³/mol. The molecule has 2 N–H and O–H groups in total. The van der Waals surface area contributed by atoms with E-state index in [0.29, 0.717) is 31.7 Å². The Hall–Kier alpha value is -2.95. The molecule has 0 fully saturated rings. The van der Waals surface area contributed by atoms with E-state index in [1.165, 1.54) is 16.5 Å². The lowest BCUT2D eigenvalue weighted by Crippen LogP contribution is -2.26. The Labute approximate surface area is 202 Å². The van der Waals surface area contributed by atoms with Gasteiger partial charge in [-0.25, -0.2) is 0 Å². The number of aliphatic carboxylic acids is 1. The number of hydrogen-bond acceptors (Lipinski definition) is 5. The minimum atomic E-state index is -0.827. The van der Waals surface area contributed by atoms with Crippen LogP contribution in [0.5, 0.6) is 5.75 Å². The lowest BCUT2D eigenvalue weighted by molar-refractivity contribution is -0.136. The van der Waals surface area contributed by atoms with Gasteiger partial charge in [-0.3, -0.25) is 9.59 Å². The fourth-order valence-corrected chi connectivity index (χ4v) is 5.26. The zero-order valence-corrected chi connectivity index (χ0v) is 20.1. The summed E-state index contributed by atoms with van der Waals surface area (Å²) in [4.78, 5) is 24.8. The van der Waals surface area contributed by atoms with E-state index >= 15 is 0 Å². The third kappa shape index (κ3) is 7.85. The second-order valence-corrected chi connectivity index (χ2v) is 9.60. The maximum Gasteiger partial charge on any atom is 0.316 e. The molecule has 0 bridgehead atoms. The molecule has 7 heteroatoms. The van der Waals surface area contributed by atoms with E-state index in [0.717, 1.165) is 28.7 Å². The fraction of sp³-hybridized carbons (Fsp3) is 0.308. The van der Waals surface area contributed by atoms with Gasteiger partial charge < -0.3 is 15.2 Å². The molecule has 1 aromatic heterocycles. The summed E-state index contributed by atoms with van der Waals surface area (Å²) >= 11 is 2.98. The minimum Gasteiger partial charge on any atom is -0.481 e. The smallest absolute Gasteiger partial charge is 0.316 e. The molecule has 0 radical (unpaired) electrons. The molecule has 172 valence electrons. The van der Waals surface area contributed by atoms with Crippen molar-refractivity contribution in [1.29, 1.82) is 0 Å². The van der Waals surface area contributed by atoms with Crippen molar-refractivity contribution in [2.75, 3.05) is 13.2 Å². The van der Waals surface area contributed by atoms with Gasteiger partial charge in [0.1, 0.15) is 17.6 Å². The van der Waals surface area contributed by atoms with Crippen LogP contribution >= 0.6 is 23.1 Å². The van der Waals surface area contributed by atoms with Gasteiger partial charge in [-0.2, -0.15) is 0 Å². The number of benzene rings is 2. The van der Waals surface area contributed by atoms with Crippen LogP contribution in [0, 0.1) is 11.8 Å². The number of hydrogen-bond donors (Lipinski definition) is 2. The number of carboxylic acids is 1. The maximum atomic E-state index is 12.3. The standard InChI is InChI=1S/C26H27NO4S2/c1-2-3-16-31-20-11-13-21(14-12-20)33-24(26(29)30)10-6-7-15-27-25(28)17-19-18-32-23-9-5-4-8-22(19)23/h4-5,8-9,11-14,18,24H,6-7,10,15-17H2,1H3,(H,27,28)(H,29,30). The Bertz CT molecular complexity index is 1130. The molecular weight excluding hydrogens is 454 g/mol. The van der Waals surface area contributed by atoms with Gasteiger partial charge in [-0.15, -0.1) is 29.0 Å². The van der Waals surface area contributed by atoms with Crippen molar-refractivity contribution in [3.05, 3.63) is 59.5 Å². The van der Waals surface area contributed by atoms with Crippen LogP contribution in [0.25, 0.3) is 10.1 Å². The summed E-state index contributed by atoms with van der Waals surface area (Å²) in [6.45, 7) is 2.64. The van der Waals surface area contributed by atoms with E-state index in [2.05, 4.69) is 23.2 Å². The van der Waals surface area contributed by atoms with Gasteiger partial charge in [-0.1, -0.05) is 24.1 Å². The van der Waals surface area contributed by atoms with Gasteiger partial charge in [0.2, 0.25) is 5.91 Å². The van der Waals surface area contributed by atoms with E-state index in [1.807, 2.05) is 47.8 Å². The van der Waals surface area contributed by atoms with E-state index in [9.17, 15) is 14.7 Å². The highest BCUT2D eigenvalue weighted by Gasteiger charge is 2.18. The third-order valence-corrected chi connectivity index (χ3v) is 7.27. The lowest BCUT2D eigenvalue weighted by Gasteiger charge is -2.13. The highest BCUT2D eigenvalue weighted by atomic mass is 32.2. The molecule has 33 heavy (non-hydrogen) atoms. The number of fused-ring (bicyclic) bond motifs is 1. The summed E-state index contributed by atoms with van der Waals surface area (Å²) in [5.74, 6) is 5.48. The van der Waals surface area contributed by atoms with Crippen LogP contribution in [-0.2, 0) is 16.0 Å². The average Bonchev–Trinajstić information content (AvgIpc) is 3.22. The molecule has 0 aliphatic rings. The zero-order chi connectivity index (χ0) is 23.5. The number of nitrogens with one attached hydrogen (secondary N) is 1. The molecule has 0 aliphatic carbocycles. The Morgan fingerprint density at radius 2 is 1.94 bits per heavy atom. The summed E-state index contributed by atoms with van der Waals surface area (Å²) in [6, 6.07) is 15.5. The summed E-state index contributed by atoms with van der Waals surface area (Å²) in [7, 11) is 0. The molecule has 2 aromatic carbocycles. The Balaban J connectivity index is 1.38. The lowest BCUT2D eigenvalue weighted by atomic mass is 10.1. The van der Waals surface area contributed by atoms with Crippen LogP contribution in [0.4, 0.5) is 0 Å². The van der Waals surface area contributed by atoms with Gasteiger partial charge in [-0.05, 0) is 72.8 Å². The van der Waals surface area contributed by atoms with Gasteiger partial charge in [0.15, 0.2) is 0 Å². The largest absolute Gasteiger partial charge is 0.481 e. The number of amides is 1. The average molecular weight is 482 g/mol. The number of carbonyl (C=O) groups excluding carboxylic acids is 1. The minimum absolute atomic E-state index is 0.00469. The number of thioether (sulfide) groups is 1. The Morgan fingerprint density at radius 1 is 1.15 bits per heavy atom. The molecular formula is C26H27NO4S2.